The summed E-state index contributed by atoms with van der Waals surface area (Å²) in [4.78, 5) is 74.0. The molecule has 4 aliphatic rings. The molecule has 0 saturated heterocycles. The van der Waals surface area contributed by atoms with Crippen molar-refractivity contribution >= 4 is 57.1 Å². The molecule has 8 N–H and O–H groups in total. The van der Waals surface area contributed by atoms with Gasteiger partial charge in [0, 0.05) is 108 Å². The molecule has 2 amide bonds. The Morgan fingerprint density at radius 1 is 0.436 bits per heavy atom. The van der Waals surface area contributed by atoms with Gasteiger partial charge >= 0.3 is 11.9 Å². The van der Waals surface area contributed by atoms with E-state index in [1.165, 1.54) is 48.5 Å². The molecule has 0 spiro atoms. The van der Waals surface area contributed by atoms with Crippen LogP contribution in [0.5, 0.6) is 11.5 Å². The summed E-state index contributed by atoms with van der Waals surface area (Å²) >= 11 is 0. The first-order valence-corrected chi connectivity index (χ1v) is 26.1. The van der Waals surface area contributed by atoms with Crippen LogP contribution in [0.4, 0.5) is 11.4 Å². The van der Waals surface area contributed by atoms with Crippen molar-refractivity contribution in [3.05, 3.63) is 141 Å². The minimum atomic E-state index is -1.11. The lowest BCUT2D eigenvalue weighted by atomic mass is 9.90. The molecule has 18 heteroatoms. The fourth-order valence-electron chi connectivity index (χ4n) is 9.41. The number of anilines is 2. The molecule has 0 saturated carbocycles. The zero-order valence-corrected chi connectivity index (χ0v) is 43.0. The van der Waals surface area contributed by atoms with Crippen LogP contribution in [0.2, 0.25) is 0 Å². The Kier molecular flexibility index (Phi) is 19.1. The summed E-state index contributed by atoms with van der Waals surface area (Å²) in [6.45, 7) is 3.39. The number of aromatic hydroxyl groups is 2. The summed E-state index contributed by atoms with van der Waals surface area (Å²) in [6, 6.07) is 28.2. The van der Waals surface area contributed by atoms with Crippen LogP contribution in [0.3, 0.4) is 0 Å². The van der Waals surface area contributed by atoms with Gasteiger partial charge in [0.1, 0.15) is 34.2 Å². The number of nitrogens with one attached hydrogen (secondary N) is 4. The molecule has 0 unspecified atom stereocenters. The first kappa shape index (κ1) is 55.5. The fraction of sp³-hybridized carbons (Fsp3) is 0.300. The maximum Gasteiger partial charge on any atom is 0.336 e. The van der Waals surface area contributed by atoms with Gasteiger partial charge in [0.15, 0.2) is 10.9 Å². The number of carboxylic acids is 2. The number of carboxylic acid groups (broad SMARTS) is 2. The van der Waals surface area contributed by atoms with Crippen molar-refractivity contribution in [3.63, 3.8) is 0 Å². The molecule has 2 aliphatic heterocycles. The molecule has 0 aromatic heterocycles. The van der Waals surface area contributed by atoms with Gasteiger partial charge in [-0.25, -0.2) is 9.59 Å². The Labute approximate surface area is 448 Å². The predicted molar refractivity (Wildman–Crippen MR) is 297 cm³/mol. The number of aromatic carboxylic acids is 2. The van der Waals surface area contributed by atoms with Crippen LogP contribution in [-0.2, 0) is 19.1 Å². The van der Waals surface area contributed by atoms with E-state index in [0.717, 1.165) is 51.4 Å². The molecule has 78 heavy (non-hydrogen) atoms. The zero-order valence-electron chi connectivity index (χ0n) is 43.0. The summed E-state index contributed by atoms with van der Waals surface area (Å²) in [6.07, 6.45) is 7.37. The number of unbranched alkanes of at least 4 members (excludes halogenated alkanes) is 6. The first-order valence-electron chi connectivity index (χ1n) is 26.1. The van der Waals surface area contributed by atoms with Crippen molar-refractivity contribution < 1.29 is 57.9 Å². The number of rotatable bonds is 29. The summed E-state index contributed by atoms with van der Waals surface area (Å²) in [5, 5.41) is 54.2. The zero-order chi connectivity index (χ0) is 55.0. The molecule has 0 atom stereocenters. The average molecular weight is 1060 g/mol. The van der Waals surface area contributed by atoms with Crippen molar-refractivity contribution in [3.8, 4) is 56.4 Å². The Balaban J connectivity index is 0.626. The van der Waals surface area contributed by atoms with Gasteiger partial charge in [-0.3, -0.25) is 19.2 Å². The molecule has 8 rings (SSSR count). The van der Waals surface area contributed by atoms with E-state index in [1.807, 2.05) is 12.1 Å². The third kappa shape index (κ3) is 14.6. The summed E-state index contributed by atoms with van der Waals surface area (Å²) in [5.41, 5.74) is 4.77. The van der Waals surface area contributed by atoms with E-state index >= 15 is 0 Å². The minimum Gasteiger partial charge on any atom is -0.508 e. The number of phenols is 2. The van der Waals surface area contributed by atoms with Crippen LogP contribution in [0, 0.1) is 0 Å². The topological polar surface area (TPSA) is 276 Å². The van der Waals surface area contributed by atoms with Gasteiger partial charge in [0.05, 0.1) is 37.6 Å². The Morgan fingerprint density at radius 2 is 0.846 bits per heavy atom. The quantitative estimate of drug-likeness (QED) is 0.0160. The van der Waals surface area contributed by atoms with E-state index in [-0.39, 0.29) is 56.8 Å². The van der Waals surface area contributed by atoms with Gasteiger partial charge in [-0.2, -0.15) is 0 Å². The third-order valence-corrected chi connectivity index (χ3v) is 13.2. The molecule has 4 aromatic rings. The van der Waals surface area contributed by atoms with E-state index in [1.54, 1.807) is 48.5 Å². The predicted octanol–water partition coefficient (Wildman–Crippen LogP) is 9.94. The average Bonchev–Trinajstić information content (AvgIpc) is 3.54. The normalized spacial score (nSPS) is 11.3. The van der Waals surface area contributed by atoms with Crippen molar-refractivity contribution in [2.75, 3.05) is 63.2 Å². The van der Waals surface area contributed by atoms with Crippen LogP contribution in [0.1, 0.15) is 84.9 Å². The van der Waals surface area contributed by atoms with Crippen molar-refractivity contribution in [2.24, 2.45) is 0 Å². The lowest BCUT2D eigenvalue weighted by Crippen LogP contribution is -2.28. The third-order valence-electron chi connectivity index (χ3n) is 13.2. The molecular formula is C60H62N4O14. The number of carbonyl (C=O) groups excluding carboxylic acids is 2. The van der Waals surface area contributed by atoms with E-state index in [2.05, 4.69) is 21.3 Å². The number of hydrogen-bond donors (Lipinski definition) is 8. The lowest BCUT2D eigenvalue weighted by Gasteiger charge is -2.17. The number of carbonyl (C=O) groups is 4. The smallest absolute Gasteiger partial charge is 0.336 e. The maximum atomic E-state index is 12.5. The number of hydrogen-bond acceptors (Lipinski definition) is 14. The Hall–Kier alpha value is -8.74. The minimum absolute atomic E-state index is 0.0238. The van der Waals surface area contributed by atoms with Crippen LogP contribution >= 0.6 is 0 Å². The molecule has 0 radical (unpaired) electrons. The van der Waals surface area contributed by atoms with E-state index in [4.69, 9.17) is 18.3 Å². The summed E-state index contributed by atoms with van der Waals surface area (Å²) in [5.74, 6) is -1.81. The van der Waals surface area contributed by atoms with Crippen molar-refractivity contribution in [1.29, 1.82) is 0 Å². The lowest BCUT2D eigenvalue weighted by molar-refractivity contribution is -0.122. The highest BCUT2D eigenvalue weighted by molar-refractivity contribution is 6.09. The molecule has 2 heterocycles. The molecule has 0 fully saturated rings. The van der Waals surface area contributed by atoms with E-state index < -0.39 is 11.9 Å². The second-order valence-electron chi connectivity index (χ2n) is 18.9. The fourth-order valence-corrected chi connectivity index (χ4v) is 9.41. The largest absolute Gasteiger partial charge is 0.508 e. The summed E-state index contributed by atoms with van der Waals surface area (Å²) < 4.78 is 23.0. The highest BCUT2D eigenvalue weighted by Crippen LogP contribution is 2.44. The molecule has 2 aliphatic carbocycles. The van der Waals surface area contributed by atoms with Crippen LogP contribution < -0.4 is 32.1 Å². The van der Waals surface area contributed by atoms with Crippen LogP contribution in [0.15, 0.2) is 128 Å². The van der Waals surface area contributed by atoms with Gasteiger partial charge in [0.25, 0.3) is 0 Å². The van der Waals surface area contributed by atoms with Gasteiger partial charge < -0.3 is 60.0 Å². The number of amides is 2. The molecular weight excluding hydrogens is 1000 g/mol. The monoisotopic (exact) mass is 1060 g/mol. The van der Waals surface area contributed by atoms with Gasteiger partial charge in [-0.15, -0.1) is 0 Å². The highest BCUT2D eigenvalue weighted by atomic mass is 16.5. The molecule has 4 aromatic carbocycles. The van der Waals surface area contributed by atoms with E-state index in [9.17, 15) is 49.2 Å². The molecule has 406 valence electrons. The second kappa shape index (κ2) is 26.8. The second-order valence-corrected chi connectivity index (χ2v) is 18.9. The van der Waals surface area contributed by atoms with Crippen molar-refractivity contribution in [2.45, 2.75) is 64.2 Å². The Bertz CT molecular complexity index is 3250. The SMILES string of the molecule is O=C(CCCCCCNc1ccc(-c2c3ccc(=O)cc-3oc3cc(O)ccc23)c(C(=O)O)c1)NCCOCCOCCNC(=O)CCCCCCNc1ccc(-c2c3ccc(=O)cc-3oc3cc(O)ccc23)c(C(=O)O)c1. The first-order chi connectivity index (χ1) is 37.8. The van der Waals surface area contributed by atoms with E-state index in [0.29, 0.717) is 132 Å². The number of benzene rings is 6. The standard InChI is InChI=1S/C60H62N4O14/c65-39-13-19-45-51(33-39)77-52-34-40(66)14-20-46(52)57(45)43-17-11-37(31-49(43)59(71)72)61-23-7-3-1-5-9-55(69)63-25-27-75-29-30-76-28-26-64-56(70)10-6-2-4-8-24-62-38-12-18-44(50(32-38)60(73)74)58-47-21-15-41(67)35-53(47)78-54-36-42(68)16-22-48(54)58/h11-22,31-36,61-62,65,67H,1-10,23-30H2,(H,63,69)(H,64,70)(H,71,72)(H,73,74). The highest BCUT2D eigenvalue weighted by Gasteiger charge is 2.24. The van der Waals surface area contributed by atoms with Gasteiger partial charge in [-0.1, -0.05) is 37.8 Å². The molecule has 18 nitrogen and oxygen atoms in total. The number of phenolic OH excluding ortho intramolecular Hbond substituents is 2. The number of ether oxygens (including phenoxy) is 2. The van der Waals surface area contributed by atoms with Gasteiger partial charge in [-0.05, 0) is 110 Å². The summed E-state index contributed by atoms with van der Waals surface area (Å²) in [7, 11) is 0. The van der Waals surface area contributed by atoms with Crippen LogP contribution in [0.25, 0.3) is 66.8 Å². The van der Waals surface area contributed by atoms with Gasteiger partial charge in [0.2, 0.25) is 11.8 Å². The Morgan fingerprint density at radius 3 is 1.27 bits per heavy atom. The maximum absolute atomic E-state index is 12.5. The van der Waals surface area contributed by atoms with Crippen molar-refractivity contribution in [1.82, 2.24) is 10.6 Å². The molecule has 0 bridgehead atoms. The number of fused-ring (bicyclic) bond motifs is 4. The van der Waals surface area contributed by atoms with Crippen LogP contribution in [-0.4, -0.2) is 96.8 Å².